The predicted octanol–water partition coefficient (Wildman–Crippen LogP) is 5.74. The van der Waals surface area contributed by atoms with Crippen molar-refractivity contribution in [2.24, 2.45) is 0 Å². The molecule has 1 fully saturated rings. The fraction of sp³-hybridized carbons (Fsp3) is 0.250. The highest BCUT2D eigenvalue weighted by Crippen LogP contribution is 2.39. The quantitative estimate of drug-likeness (QED) is 0.337. The molecular weight excluding hydrogens is 465 g/mol. The maximum absolute atomic E-state index is 16.4. The van der Waals surface area contributed by atoms with Gasteiger partial charge in [0.1, 0.15) is 11.6 Å². The number of halogens is 3. The smallest absolute Gasteiger partial charge is 0.194 e. The molecule has 0 radical (unpaired) electrons. The van der Waals surface area contributed by atoms with Crippen LogP contribution in [0.3, 0.4) is 0 Å². The number of hydrazine groups is 1. The Morgan fingerprint density at radius 2 is 1.69 bits per heavy atom. The first-order valence-corrected chi connectivity index (χ1v) is 12.0. The van der Waals surface area contributed by atoms with Gasteiger partial charge in [-0.1, -0.05) is 30.3 Å². The van der Waals surface area contributed by atoms with Crippen molar-refractivity contribution in [2.75, 3.05) is 23.4 Å². The third-order valence-corrected chi connectivity index (χ3v) is 6.72. The number of pyridine rings is 1. The molecular formula is C28H27F3N4O. The zero-order valence-electron chi connectivity index (χ0n) is 20.2. The van der Waals surface area contributed by atoms with Crippen LogP contribution in [0.4, 0.5) is 24.5 Å². The first-order chi connectivity index (χ1) is 17.4. The highest BCUT2D eigenvalue weighted by atomic mass is 19.1. The van der Waals surface area contributed by atoms with E-state index in [2.05, 4.69) is 10.9 Å². The number of aryl methyl sites for hydroxylation is 1. The van der Waals surface area contributed by atoms with Crippen molar-refractivity contribution in [1.82, 2.24) is 9.99 Å². The van der Waals surface area contributed by atoms with Gasteiger partial charge < -0.3 is 14.9 Å². The normalized spacial score (nSPS) is 13.5. The molecule has 36 heavy (non-hydrogen) atoms. The van der Waals surface area contributed by atoms with E-state index in [0.717, 1.165) is 30.5 Å². The van der Waals surface area contributed by atoms with Crippen LogP contribution in [-0.4, -0.2) is 17.7 Å². The van der Waals surface area contributed by atoms with Crippen molar-refractivity contribution < 1.29 is 13.2 Å². The fourth-order valence-electron chi connectivity index (χ4n) is 4.94. The molecule has 1 aliphatic heterocycles. The Balaban J connectivity index is 1.76. The van der Waals surface area contributed by atoms with Crippen molar-refractivity contribution >= 4 is 22.3 Å². The third-order valence-electron chi connectivity index (χ3n) is 6.72. The molecule has 4 aromatic rings. The summed E-state index contributed by atoms with van der Waals surface area (Å²) in [4.78, 5) is 15.4. The SMILES string of the molecule is Cc1c(N2CCCC2)c(F)c2c(c1NNCc1ccccc1)c(=O)c(C)cn2-c1ccc(F)cc1F. The molecule has 186 valence electrons. The van der Waals surface area contributed by atoms with Crippen molar-refractivity contribution in [1.29, 1.82) is 0 Å². The van der Waals surface area contributed by atoms with Gasteiger partial charge in [-0.3, -0.25) is 4.79 Å². The summed E-state index contributed by atoms with van der Waals surface area (Å²) in [6, 6.07) is 12.8. The van der Waals surface area contributed by atoms with Crippen LogP contribution in [0.5, 0.6) is 0 Å². The van der Waals surface area contributed by atoms with E-state index in [1.807, 2.05) is 35.2 Å². The molecule has 0 saturated carbocycles. The Morgan fingerprint density at radius 1 is 0.972 bits per heavy atom. The fourth-order valence-corrected chi connectivity index (χ4v) is 4.94. The highest BCUT2D eigenvalue weighted by molar-refractivity contribution is 5.99. The molecule has 8 heteroatoms. The average molecular weight is 493 g/mol. The lowest BCUT2D eigenvalue weighted by atomic mass is 10.0. The minimum Gasteiger partial charge on any atom is -0.369 e. The van der Waals surface area contributed by atoms with Crippen LogP contribution in [0.15, 0.2) is 59.5 Å². The lowest BCUT2D eigenvalue weighted by Crippen LogP contribution is -2.27. The molecule has 0 amide bonds. The first-order valence-electron chi connectivity index (χ1n) is 12.0. The molecule has 1 aliphatic rings. The summed E-state index contributed by atoms with van der Waals surface area (Å²) in [7, 11) is 0. The first kappa shape index (κ1) is 23.9. The lowest BCUT2D eigenvalue weighted by Gasteiger charge is -2.26. The number of aromatic nitrogens is 1. The summed E-state index contributed by atoms with van der Waals surface area (Å²) in [5.74, 6) is -2.18. The van der Waals surface area contributed by atoms with Crippen LogP contribution in [0.2, 0.25) is 0 Å². The monoisotopic (exact) mass is 492 g/mol. The van der Waals surface area contributed by atoms with E-state index in [-0.39, 0.29) is 22.0 Å². The molecule has 0 bridgehead atoms. The van der Waals surface area contributed by atoms with E-state index in [1.54, 1.807) is 13.8 Å². The van der Waals surface area contributed by atoms with Crippen molar-refractivity contribution in [3.8, 4) is 5.69 Å². The van der Waals surface area contributed by atoms with Crippen LogP contribution in [0.1, 0.15) is 29.5 Å². The summed E-state index contributed by atoms with van der Waals surface area (Å²) < 4.78 is 46.3. The topological polar surface area (TPSA) is 49.3 Å². The number of hydrogen-bond acceptors (Lipinski definition) is 4. The van der Waals surface area contributed by atoms with Gasteiger partial charge in [-0.15, -0.1) is 0 Å². The van der Waals surface area contributed by atoms with Crippen molar-refractivity contribution in [2.45, 2.75) is 33.2 Å². The van der Waals surface area contributed by atoms with Gasteiger partial charge in [-0.2, -0.15) is 0 Å². The molecule has 1 saturated heterocycles. The van der Waals surface area contributed by atoms with E-state index in [9.17, 15) is 13.6 Å². The van der Waals surface area contributed by atoms with Gasteiger partial charge in [0.25, 0.3) is 0 Å². The second-order valence-corrected chi connectivity index (χ2v) is 9.15. The van der Waals surface area contributed by atoms with Crippen molar-refractivity contribution in [3.05, 3.63) is 99.1 Å². The Hall–Kier alpha value is -3.78. The number of anilines is 2. The predicted molar refractivity (Wildman–Crippen MR) is 137 cm³/mol. The summed E-state index contributed by atoms with van der Waals surface area (Å²) >= 11 is 0. The molecule has 5 nitrogen and oxygen atoms in total. The van der Waals surface area contributed by atoms with Gasteiger partial charge in [0.15, 0.2) is 11.2 Å². The molecule has 0 aliphatic carbocycles. The Bertz CT molecular complexity index is 1500. The van der Waals surface area contributed by atoms with Gasteiger partial charge in [0, 0.05) is 43.0 Å². The number of nitrogens with one attached hydrogen (secondary N) is 2. The van der Waals surface area contributed by atoms with Gasteiger partial charge in [-0.25, -0.2) is 18.6 Å². The van der Waals surface area contributed by atoms with E-state index >= 15 is 4.39 Å². The van der Waals surface area contributed by atoms with Gasteiger partial charge in [-0.05, 0) is 44.4 Å². The Labute approximate surface area is 207 Å². The number of rotatable bonds is 6. The van der Waals surface area contributed by atoms with Gasteiger partial charge in [0.05, 0.1) is 28.0 Å². The summed E-state index contributed by atoms with van der Waals surface area (Å²) in [5, 5.41) is 0.109. The number of hydrogen-bond donors (Lipinski definition) is 2. The standard InChI is InChI=1S/C28H27F3N4O/c1-17-16-35(22-11-10-20(29)14-21(22)30)27-23(28(17)36)25(33-32-15-19-8-4-3-5-9-19)18(2)26(24(27)31)34-12-6-7-13-34/h3-5,8-11,14,16,32-33H,6-7,12-13,15H2,1-2H3. The largest absolute Gasteiger partial charge is 0.369 e. The summed E-state index contributed by atoms with van der Waals surface area (Å²) in [5.41, 5.74) is 8.60. The minimum atomic E-state index is -0.848. The molecule has 2 heterocycles. The summed E-state index contributed by atoms with van der Waals surface area (Å²) in [6.45, 7) is 5.21. The van der Waals surface area contributed by atoms with E-state index in [1.165, 1.54) is 16.8 Å². The van der Waals surface area contributed by atoms with Crippen LogP contribution < -0.4 is 21.2 Å². The second-order valence-electron chi connectivity index (χ2n) is 9.15. The highest BCUT2D eigenvalue weighted by Gasteiger charge is 2.27. The molecule has 1 aromatic heterocycles. The van der Waals surface area contributed by atoms with Gasteiger partial charge in [0.2, 0.25) is 0 Å². The average Bonchev–Trinajstić information content (AvgIpc) is 3.38. The number of fused-ring (bicyclic) bond motifs is 1. The molecule has 2 N–H and O–H groups in total. The minimum absolute atomic E-state index is 0.0391. The zero-order chi connectivity index (χ0) is 25.4. The summed E-state index contributed by atoms with van der Waals surface area (Å²) in [6.07, 6.45) is 3.27. The molecule has 3 aromatic carbocycles. The lowest BCUT2D eigenvalue weighted by molar-refractivity contribution is 0.577. The Morgan fingerprint density at radius 3 is 2.39 bits per heavy atom. The van der Waals surface area contributed by atoms with E-state index in [4.69, 9.17) is 0 Å². The second kappa shape index (κ2) is 9.70. The van der Waals surface area contributed by atoms with Crippen LogP contribution in [0.25, 0.3) is 16.6 Å². The molecule has 0 spiro atoms. The maximum atomic E-state index is 16.4. The van der Waals surface area contributed by atoms with Crippen LogP contribution in [0, 0.1) is 31.3 Å². The zero-order valence-corrected chi connectivity index (χ0v) is 20.2. The van der Waals surface area contributed by atoms with Crippen LogP contribution in [-0.2, 0) is 6.54 Å². The van der Waals surface area contributed by atoms with Crippen molar-refractivity contribution in [3.63, 3.8) is 0 Å². The Kier molecular flexibility index (Phi) is 6.45. The van der Waals surface area contributed by atoms with E-state index in [0.29, 0.717) is 42.1 Å². The van der Waals surface area contributed by atoms with Crippen LogP contribution >= 0.6 is 0 Å². The third kappa shape index (κ3) is 4.22. The molecule has 0 unspecified atom stereocenters. The number of nitrogens with zero attached hydrogens (tertiary/aromatic N) is 2. The van der Waals surface area contributed by atoms with E-state index < -0.39 is 17.5 Å². The van der Waals surface area contributed by atoms with Gasteiger partial charge >= 0.3 is 0 Å². The molecule has 5 rings (SSSR count). The molecule has 0 atom stereocenters. The maximum Gasteiger partial charge on any atom is 0.194 e. The number of benzene rings is 3.